The molecule has 0 radical (unpaired) electrons. The molecule has 202 valence electrons. The van der Waals surface area contributed by atoms with Crippen LogP contribution in [0.25, 0.3) is 55.6 Å². The third-order valence-electron chi connectivity index (χ3n) is 6.89. The number of hydrogen-bond donors (Lipinski definition) is 2. The van der Waals surface area contributed by atoms with Gasteiger partial charge in [0.15, 0.2) is 0 Å². The molecule has 6 aromatic rings. The summed E-state index contributed by atoms with van der Waals surface area (Å²) >= 11 is 0. The van der Waals surface area contributed by atoms with Crippen molar-refractivity contribution in [2.75, 3.05) is 46.2 Å². The van der Waals surface area contributed by atoms with Gasteiger partial charge in [0.05, 0.1) is 28.8 Å². The SMILES string of the molecule is CN(C)CCOc1cc(F)cc(-c2nccc3[nH]c(-c4n[nH]c5ccc(-c6cncc(N(C)C)c6)cc45)cc23)c1. The molecule has 9 heteroatoms. The van der Waals surface area contributed by atoms with Gasteiger partial charge >= 0.3 is 0 Å². The van der Waals surface area contributed by atoms with Crippen molar-refractivity contribution in [1.82, 2.24) is 30.0 Å². The summed E-state index contributed by atoms with van der Waals surface area (Å²) in [5.41, 5.74) is 7.87. The average molecular weight is 536 g/mol. The van der Waals surface area contributed by atoms with Crippen LogP contribution in [-0.4, -0.2) is 71.4 Å². The number of aromatic nitrogens is 5. The molecule has 0 amide bonds. The molecule has 0 fully saturated rings. The Bertz CT molecular complexity index is 1820. The Kier molecular flexibility index (Phi) is 6.65. The maximum atomic E-state index is 14.6. The van der Waals surface area contributed by atoms with Crippen LogP contribution in [-0.2, 0) is 0 Å². The van der Waals surface area contributed by atoms with Gasteiger partial charge in [0.1, 0.15) is 23.9 Å². The van der Waals surface area contributed by atoms with E-state index in [4.69, 9.17) is 4.74 Å². The lowest BCUT2D eigenvalue weighted by Gasteiger charge is -2.13. The zero-order valence-electron chi connectivity index (χ0n) is 22.9. The number of rotatable bonds is 8. The van der Waals surface area contributed by atoms with Gasteiger partial charge in [-0.05, 0) is 62.1 Å². The second-order valence-electron chi connectivity index (χ2n) is 10.3. The van der Waals surface area contributed by atoms with E-state index in [-0.39, 0.29) is 5.82 Å². The Labute approximate surface area is 231 Å². The van der Waals surface area contributed by atoms with Gasteiger partial charge in [-0.1, -0.05) is 6.07 Å². The number of likely N-dealkylation sites (N-methyl/N-ethyl adjacent to an activating group) is 1. The van der Waals surface area contributed by atoms with Gasteiger partial charge in [-0.2, -0.15) is 5.10 Å². The molecule has 0 aliphatic carbocycles. The number of nitrogens with one attached hydrogen (secondary N) is 2. The van der Waals surface area contributed by atoms with Crippen molar-refractivity contribution in [3.8, 4) is 39.5 Å². The first-order valence-corrected chi connectivity index (χ1v) is 13.0. The first kappa shape index (κ1) is 25.5. The molecular weight excluding hydrogens is 505 g/mol. The predicted octanol–water partition coefficient (Wildman–Crippen LogP) is 5.98. The van der Waals surface area contributed by atoms with Crippen molar-refractivity contribution in [2.24, 2.45) is 0 Å². The third-order valence-corrected chi connectivity index (χ3v) is 6.89. The summed E-state index contributed by atoms with van der Waals surface area (Å²) in [7, 11) is 7.94. The fourth-order valence-electron chi connectivity index (χ4n) is 4.77. The molecule has 40 heavy (non-hydrogen) atoms. The van der Waals surface area contributed by atoms with Crippen LogP contribution in [0, 0.1) is 5.82 Å². The van der Waals surface area contributed by atoms with Crippen LogP contribution in [0.3, 0.4) is 0 Å². The number of aromatic amines is 2. The van der Waals surface area contributed by atoms with Gasteiger partial charge in [0.2, 0.25) is 0 Å². The first-order valence-electron chi connectivity index (χ1n) is 13.0. The van der Waals surface area contributed by atoms with Crippen molar-refractivity contribution < 1.29 is 9.13 Å². The monoisotopic (exact) mass is 535 g/mol. The largest absolute Gasteiger partial charge is 0.492 e. The topological polar surface area (TPSA) is 86.0 Å². The summed E-state index contributed by atoms with van der Waals surface area (Å²) in [5.74, 6) is 0.107. The Hall–Kier alpha value is -4.76. The zero-order valence-corrected chi connectivity index (χ0v) is 22.9. The van der Waals surface area contributed by atoms with E-state index in [0.29, 0.717) is 23.6 Å². The van der Waals surface area contributed by atoms with E-state index < -0.39 is 0 Å². The lowest BCUT2D eigenvalue weighted by atomic mass is 10.0. The summed E-state index contributed by atoms with van der Waals surface area (Å²) < 4.78 is 20.4. The van der Waals surface area contributed by atoms with E-state index in [9.17, 15) is 4.39 Å². The van der Waals surface area contributed by atoms with E-state index in [2.05, 4.69) is 43.3 Å². The molecular formula is C31H30FN7O. The standard InChI is InChI=1S/C31H30FN7O/c1-38(2)9-10-40-24-13-20(11-22(32)15-24)30-26-16-29(35-27(26)7-8-34-30)31-25-14-19(5-6-28(25)36-37-31)21-12-23(39(3)4)18-33-17-21/h5-8,11-18,35H,9-10H2,1-4H3,(H,36,37). The lowest BCUT2D eigenvalue weighted by molar-refractivity contribution is 0.260. The molecule has 2 aromatic carbocycles. The zero-order chi connectivity index (χ0) is 27.8. The minimum atomic E-state index is -0.370. The maximum absolute atomic E-state index is 14.6. The van der Waals surface area contributed by atoms with E-state index in [0.717, 1.165) is 56.6 Å². The molecule has 0 atom stereocenters. The quantitative estimate of drug-likeness (QED) is 0.249. The van der Waals surface area contributed by atoms with E-state index in [1.54, 1.807) is 6.20 Å². The summed E-state index contributed by atoms with van der Waals surface area (Å²) in [6, 6.07) is 17.0. The van der Waals surface area contributed by atoms with Crippen LogP contribution in [0.2, 0.25) is 0 Å². The minimum Gasteiger partial charge on any atom is -0.492 e. The van der Waals surface area contributed by atoms with Gasteiger partial charge in [-0.3, -0.25) is 15.1 Å². The highest BCUT2D eigenvalue weighted by Gasteiger charge is 2.16. The molecule has 4 heterocycles. The van der Waals surface area contributed by atoms with Crippen molar-refractivity contribution in [1.29, 1.82) is 0 Å². The molecule has 0 saturated carbocycles. The van der Waals surface area contributed by atoms with Gasteiger partial charge in [-0.15, -0.1) is 0 Å². The van der Waals surface area contributed by atoms with Crippen LogP contribution in [0.4, 0.5) is 10.1 Å². The molecule has 6 rings (SSSR count). The number of halogens is 1. The Morgan fingerprint density at radius 3 is 2.50 bits per heavy atom. The number of benzene rings is 2. The molecule has 4 aromatic heterocycles. The Balaban J connectivity index is 1.39. The van der Waals surface area contributed by atoms with Gasteiger partial charge in [-0.25, -0.2) is 4.39 Å². The summed E-state index contributed by atoms with van der Waals surface area (Å²) in [6.07, 6.45) is 5.44. The third kappa shape index (κ3) is 4.99. The fraction of sp³-hybridized carbons (Fsp3) is 0.194. The van der Waals surface area contributed by atoms with Crippen LogP contribution in [0.1, 0.15) is 0 Å². The molecule has 0 aliphatic rings. The molecule has 0 aliphatic heterocycles. The van der Waals surface area contributed by atoms with Gasteiger partial charge in [0.25, 0.3) is 0 Å². The van der Waals surface area contributed by atoms with E-state index >= 15 is 0 Å². The number of pyridine rings is 2. The van der Waals surface area contributed by atoms with Crippen LogP contribution in [0.15, 0.2) is 73.2 Å². The second kappa shape index (κ2) is 10.4. The number of H-pyrrole nitrogens is 2. The molecule has 8 nitrogen and oxygen atoms in total. The molecule has 2 N–H and O–H groups in total. The van der Waals surface area contributed by atoms with Crippen LogP contribution in [0.5, 0.6) is 5.75 Å². The van der Waals surface area contributed by atoms with Crippen molar-refractivity contribution in [3.05, 3.63) is 79.0 Å². The molecule has 0 bridgehead atoms. The summed E-state index contributed by atoms with van der Waals surface area (Å²) in [5, 5.41) is 9.64. The van der Waals surface area contributed by atoms with Gasteiger partial charge < -0.3 is 19.5 Å². The highest BCUT2D eigenvalue weighted by Crippen LogP contribution is 2.35. The first-order chi connectivity index (χ1) is 19.4. The van der Waals surface area contributed by atoms with Crippen LogP contribution >= 0.6 is 0 Å². The summed E-state index contributed by atoms with van der Waals surface area (Å²) in [6.45, 7) is 1.20. The maximum Gasteiger partial charge on any atom is 0.127 e. The predicted molar refractivity (Wildman–Crippen MR) is 158 cm³/mol. The van der Waals surface area contributed by atoms with Crippen molar-refractivity contribution >= 4 is 27.5 Å². The van der Waals surface area contributed by atoms with Crippen LogP contribution < -0.4 is 9.64 Å². The number of fused-ring (bicyclic) bond motifs is 2. The lowest BCUT2D eigenvalue weighted by Crippen LogP contribution is -2.19. The Morgan fingerprint density at radius 2 is 1.68 bits per heavy atom. The van der Waals surface area contributed by atoms with Gasteiger partial charge in [0, 0.05) is 66.5 Å². The minimum absolute atomic E-state index is 0.370. The molecule has 0 unspecified atom stereocenters. The van der Waals surface area contributed by atoms with Crippen molar-refractivity contribution in [3.63, 3.8) is 0 Å². The van der Waals surface area contributed by atoms with E-state index in [1.807, 2.05) is 74.6 Å². The summed E-state index contributed by atoms with van der Waals surface area (Å²) in [4.78, 5) is 16.6. The van der Waals surface area contributed by atoms with Crippen molar-refractivity contribution in [2.45, 2.75) is 0 Å². The average Bonchev–Trinajstić information content (AvgIpc) is 3.56. The van der Waals surface area contributed by atoms with E-state index in [1.165, 1.54) is 12.1 Å². The highest BCUT2D eigenvalue weighted by molar-refractivity contribution is 6.01. The number of hydrogen-bond acceptors (Lipinski definition) is 6. The molecule has 0 saturated heterocycles. The number of ether oxygens (including phenoxy) is 1. The number of anilines is 1. The number of nitrogens with zero attached hydrogens (tertiary/aromatic N) is 5. The molecule has 0 spiro atoms. The highest BCUT2D eigenvalue weighted by atomic mass is 19.1. The normalized spacial score (nSPS) is 11.6. The Morgan fingerprint density at radius 1 is 0.825 bits per heavy atom. The second-order valence-corrected chi connectivity index (χ2v) is 10.3. The fourth-order valence-corrected chi connectivity index (χ4v) is 4.77. The smallest absolute Gasteiger partial charge is 0.127 e.